The Bertz CT molecular complexity index is 565. The summed E-state index contributed by atoms with van der Waals surface area (Å²) in [6.45, 7) is 0.540. The van der Waals surface area contributed by atoms with Crippen molar-refractivity contribution in [3.05, 3.63) is 50.7 Å². The molecule has 0 bridgehead atoms. The SMILES string of the molecule is O[C@H]1CCc2cc(OCc3ccc(Cl)s3)ccc21. The second kappa shape index (κ2) is 4.92. The van der Waals surface area contributed by atoms with Crippen LogP contribution >= 0.6 is 22.9 Å². The van der Waals surface area contributed by atoms with Crippen LogP contribution in [0, 0.1) is 0 Å². The molecular weight excluding hydrogens is 268 g/mol. The van der Waals surface area contributed by atoms with E-state index in [0.29, 0.717) is 6.61 Å². The zero-order valence-corrected chi connectivity index (χ0v) is 11.3. The molecule has 1 aliphatic carbocycles. The Hall–Kier alpha value is -1.03. The van der Waals surface area contributed by atoms with Crippen LogP contribution < -0.4 is 4.74 Å². The van der Waals surface area contributed by atoms with Crippen LogP contribution in [0.25, 0.3) is 0 Å². The van der Waals surface area contributed by atoms with Gasteiger partial charge in [0.15, 0.2) is 0 Å². The fourth-order valence-corrected chi connectivity index (χ4v) is 3.25. The van der Waals surface area contributed by atoms with E-state index in [-0.39, 0.29) is 6.10 Å². The smallest absolute Gasteiger partial charge is 0.122 e. The first-order valence-corrected chi connectivity index (χ1v) is 7.10. The molecule has 4 heteroatoms. The highest BCUT2D eigenvalue weighted by Gasteiger charge is 2.20. The molecule has 0 aliphatic heterocycles. The van der Waals surface area contributed by atoms with Gasteiger partial charge in [-0.1, -0.05) is 17.7 Å². The molecule has 0 saturated heterocycles. The van der Waals surface area contributed by atoms with Crippen LogP contribution in [0.15, 0.2) is 30.3 Å². The number of hydrogen-bond donors (Lipinski definition) is 1. The normalized spacial score (nSPS) is 17.8. The largest absolute Gasteiger partial charge is 0.488 e. The van der Waals surface area contributed by atoms with Crippen molar-refractivity contribution in [2.75, 3.05) is 0 Å². The molecule has 18 heavy (non-hydrogen) atoms. The molecule has 2 aromatic rings. The minimum absolute atomic E-state index is 0.301. The van der Waals surface area contributed by atoms with E-state index in [1.54, 1.807) is 0 Å². The van der Waals surface area contributed by atoms with Gasteiger partial charge in [0.05, 0.1) is 10.4 Å². The molecule has 1 aromatic carbocycles. The minimum atomic E-state index is -0.301. The molecule has 0 spiro atoms. The van der Waals surface area contributed by atoms with Gasteiger partial charge in [0.2, 0.25) is 0 Å². The first kappa shape index (κ1) is 12.0. The molecule has 0 amide bonds. The summed E-state index contributed by atoms with van der Waals surface area (Å²) >= 11 is 7.40. The molecule has 1 N–H and O–H groups in total. The summed E-state index contributed by atoms with van der Waals surface area (Å²) in [5.74, 6) is 0.854. The lowest BCUT2D eigenvalue weighted by Gasteiger charge is -2.08. The van der Waals surface area contributed by atoms with Gasteiger partial charge in [-0.2, -0.15) is 0 Å². The van der Waals surface area contributed by atoms with Crippen LogP contribution in [0.4, 0.5) is 0 Å². The number of fused-ring (bicyclic) bond motifs is 1. The average Bonchev–Trinajstić information content (AvgIpc) is 2.94. The highest BCUT2D eigenvalue weighted by Crippen LogP contribution is 2.33. The maximum Gasteiger partial charge on any atom is 0.122 e. The van der Waals surface area contributed by atoms with E-state index in [2.05, 4.69) is 0 Å². The van der Waals surface area contributed by atoms with Crippen molar-refractivity contribution in [1.82, 2.24) is 0 Å². The van der Waals surface area contributed by atoms with E-state index in [1.165, 1.54) is 16.9 Å². The topological polar surface area (TPSA) is 29.5 Å². The quantitative estimate of drug-likeness (QED) is 0.922. The molecule has 1 atom stereocenters. The van der Waals surface area contributed by atoms with Crippen LogP contribution in [-0.4, -0.2) is 5.11 Å². The Labute approximate surface area is 115 Å². The number of rotatable bonds is 3. The number of aliphatic hydroxyl groups excluding tert-OH is 1. The molecule has 0 saturated carbocycles. The number of hydrogen-bond acceptors (Lipinski definition) is 3. The van der Waals surface area contributed by atoms with Crippen molar-refractivity contribution in [1.29, 1.82) is 0 Å². The molecule has 3 rings (SSSR count). The Morgan fingerprint density at radius 3 is 3.00 bits per heavy atom. The van der Waals surface area contributed by atoms with Crippen LogP contribution in [0.5, 0.6) is 5.75 Å². The lowest BCUT2D eigenvalue weighted by atomic mass is 10.1. The lowest BCUT2D eigenvalue weighted by Crippen LogP contribution is -1.95. The van der Waals surface area contributed by atoms with E-state index >= 15 is 0 Å². The maximum atomic E-state index is 9.73. The van der Waals surface area contributed by atoms with E-state index in [9.17, 15) is 5.11 Å². The van der Waals surface area contributed by atoms with Crippen LogP contribution in [0.1, 0.15) is 28.5 Å². The van der Waals surface area contributed by atoms with Crippen LogP contribution in [-0.2, 0) is 13.0 Å². The molecule has 1 aromatic heterocycles. The first-order valence-electron chi connectivity index (χ1n) is 5.90. The summed E-state index contributed by atoms with van der Waals surface area (Å²) in [5, 5.41) is 9.73. The number of aryl methyl sites for hydroxylation is 1. The molecule has 0 fully saturated rings. The number of halogens is 1. The summed E-state index contributed by atoms with van der Waals surface area (Å²) < 4.78 is 6.52. The van der Waals surface area contributed by atoms with Gasteiger partial charge in [-0.3, -0.25) is 0 Å². The van der Waals surface area contributed by atoms with Gasteiger partial charge in [-0.25, -0.2) is 0 Å². The summed E-state index contributed by atoms with van der Waals surface area (Å²) in [5.41, 5.74) is 2.24. The maximum absolute atomic E-state index is 9.73. The fraction of sp³-hybridized carbons (Fsp3) is 0.286. The Morgan fingerprint density at radius 2 is 2.22 bits per heavy atom. The molecule has 0 radical (unpaired) electrons. The Morgan fingerprint density at radius 1 is 1.33 bits per heavy atom. The van der Waals surface area contributed by atoms with Crippen molar-refractivity contribution in [3.8, 4) is 5.75 Å². The molecule has 94 valence electrons. The van der Waals surface area contributed by atoms with Gasteiger partial charge >= 0.3 is 0 Å². The predicted molar refractivity (Wildman–Crippen MR) is 73.4 cm³/mol. The van der Waals surface area contributed by atoms with Crippen molar-refractivity contribution in [2.45, 2.75) is 25.6 Å². The molecule has 1 aliphatic rings. The van der Waals surface area contributed by atoms with Crippen molar-refractivity contribution >= 4 is 22.9 Å². The number of benzene rings is 1. The Balaban J connectivity index is 1.70. The van der Waals surface area contributed by atoms with E-state index < -0.39 is 0 Å². The summed E-state index contributed by atoms with van der Waals surface area (Å²) in [6.07, 6.45) is 1.45. The third-order valence-electron chi connectivity index (χ3n) is 3.17. The van der Waals surface area contributed by atoms with Gasteiger partial charge in [0.1, 0.15) is 12.4 Å². The van der Waals surface area contributed by atoms with Gasteiger partial charge < -0.3 is 9.84 Å². The second-order valence-corrected chi connectivity index (χ2v) is 6.21. The molecule has 2 nitrogen and oxygen atoms in total. The van der Waals surface area contributed by atoms with E-state index in [1.807, 2.05) is 30.3 Å². The molecular formula is C14H13ClO2S. The van der Waals surface area contributed by atoms with Gasteiger partial charge in [-0.05, 0) is 48.2 Å². The fourth-order valence-electron chi connectivity index (χ4n) is 2.24. The molecule has 0 unspecified atom stereocenters. The highest BCUT2D eigenvalue weighted by molar-refractivity contribution is 7.16. The predicted octanol–water partition coefficient (Wildman–Crippen LogP) is 3.96. The van der Waals surface area contributed by atoms with Gasteiger partial charge in [0, 0.05) is 4.88 Å². The van der Waals surface area contributed by atoms with Crippen molar-refractivity contribution in [3.63, 3.8) is 0 Å². The standard InChI is InChI=1S/C14H13ClO2S/c15-14-6-3-11(18-14)8-17-10-2-4-12-9(7-10)1-5-13(12)16/h2-4,6-7,13,16H,1,5,8H2/t13-/m0/s1. The molecule has 1 heterocycles. The number of ether oxygens (including phenoxy) is 1. The zero-order valence-electron chi connectivity index (χ0n) is 9.73. The number of aliphatic hydroxyl groups is 1. The van der Waals surface area contributed by atoms with Crippen LogP contribution in [0.2, 0.25) is 4.34 Å². The van der Waals surface area contributed by atoms with E-state index in [4.69, 9.17) is 16.3 Å². The van der Waals surface area contributed by atoms with Crippen molar-refractivity contribution in [2.24, 2.45) is 0 Å². The highest BCUT2D eigenvalue weighted by atomic mass is 35.5. The van der Waals surface area contributed by atoms with Crippen molar-refractivity contribution < 1.29 is 9.84 Å². The lowest BCUT2D eigenvalue weighted by molar-refractivity contribution is 0.180. The minimum Gasteiger partial charge on any atom is -0.488 e. The Kier molecular flexibility index (Phi) is 3.29. The monoisotopic (exact) mass is 280 g/mol. The third kappa shape index (κ3) is 2.39. The second-order valence-electron chi connectivity index (χ2n) is 4.41. The summed E-state index contributed by atoms with van der Waals surface area (Å²) in [6, 6.07) is 9.77. The van der Waals surface area contributed by atoms with Gasteiger partial charge in [0.25, 0.3) is 0 Å². The van der Waals surface area contributed by atoms with Crippen LogP contribution in [0.3, 0.4) is 0 Å². The number of thiophene rings is 1. The zero-order chi connectivity index (χ0) is 12.5. The first-order chi connectivity index (χ1) is 8.72. The average molecular weight is 281 g/mol. The third-order valence-corrected chi connectivity index (χ3v) is 4.38. The summed E-state index contributed by atoms with van der Waals surface area (Å²) in [4.78, 5) is 1.11. The summed E-state index contributed by atoms with van der Waals surface area (Å²) in [7, 11) is 0. The van der Waals surface area contributed by atoms with Gasteiger partial charge in [-0.15, -0.1) is 11.3 Å². The van der Waals surface area contributed by atoms with E-state index in [0.717, 1.165) is 33.4 Å².